The molecule has 3 aromatic heterocycles. The van der Waals surface area contributed by atoms with Gasteiger partial charge in [-0.25, -0.2) is 15.0 Å². The summed E-state index contributed by atoms with van der Waals surface area (Å²) in [6.45, 7) is 6.38. The van der Waals surface area contributed by atoms with E-state index in [0.717, 1.165) is 50.9 Å². The molecule has 5 heterocycles. The van der Waals surface area contributed by atoms with Crippen LogP contribution in [-0.2, 0) is 10.9 Å². The fourth-order valence-electron chi connectivity index (χ4n) is 4.04. The summed E-state index contributed by atoms with van der Waals surface area (Å²) in [5.74, 6) is 1.11. The largest absolute Gasteiger partial charge is 0.417 e. The lowest BCUT2D eigenvalue weighted by atomic mass is 10.1. The van der Waals surface area contributed by atoms with E-state index in [4.69, 9.17) is 4.74 Å². The molecule has 2 aliphatic rings. The number of nitrogens with zero attached hydrogens (tertiary/aromatic N) is 6. The fourth-order valence-corrected chi connectivity index (χ4v) is 4.04. The highest BCUT2D eigenvalue weighted by atomic mass is 19.4. The molecule has 1 atom stereocenters. The van der Waals surface area contributed by atoms with Crippen LogP contribution in [0.4, 0.5) is 19.0 Å². The maximum absolute atomic E-state index is 13.1. The lowest BCUT2D eigenvalue weighted by molar-refractivity contribution is -0.137. The highest BCUT2D eigenvalue weighted by Gasteiger charge is 2.33. The van der Waals surface area contributed by atoms with Gasteiger partial charge < -0.3 is 9.64 Å². The Morgan fingerprint density at radius 1 is 1.10 bits per heavy atom. The smallest absolute Gasteiger partial charge is 0.378 e. The molecule has 0 spiro atoms. The van der Waals surface area contributed by atoms with E-state index in [9.17, 15) is 13.2 Å². The van der Waals surface area contributed by atoms with Gasteiger partial charge >= 0.3 is 6.18 Å². The summed E-state index contributed by atoms with van der Waals surface area (Å²) < 4.78 is 46.1. The van der Waals surface area contributed by atoms with Crippen molar-refractivity contribution in [3.8, 4) is 11.5 Å². The first-order valence-electron chi connectivity index (χ1n) is 9.86. The van der Waals surface area contributed by atoms with E-state index in [0.29, 0.717) is 23.2 Å². The molecule has 2 saturated heterocycles. The maximum Gasteiger partial charge on any atom is 0.417 e. The van der Waals surface area contributed by atoms with Gasteiger partial charge in [-0.05, 0) is 25.1 Å². The van der Waals surface area contributed by atoms with Gasteiger partial charge in [-0.15, -0.1) is 0 Å². The molecule has 2 fully saturated rings. The van der Waals surface area contributed by atoms with Crippen LogP contribution in [0.3, 0.4) is 0 Å². The lowest BCUT2D eigenvalue weighted by Gasteiger charge is -2.46. The third-order valence-corrected chi connectivity index (χ3v) is 5.79. The molecule has 3 aromatic rings. The Labute approximate surface area is 171 Å². The van der Waals surface area contributed by atoms with Gasteiger partial charge in [-0.2, -0.15) is 13.2 Å². The first kappa shape index (κ1) is 19.3. The number of alkyl halides is 3. The minimum atomic E-state index is -4.43. The third kappa shape index (κ3) is 3.39. The van der Waals surface area contributed by atoms with E-state index in [1.807, 2.05) is 6.07 Å². The molecule has 158 valence electrons. The Kier molecular flexibility index (Phi) is 4.62. The lowest BCUT2D eigenvalue weighted by Crippen LogP contribution is -2.59. The summed E-state index contributed by atoms with van der Waals surface area (Å²) in [5, 5.41) is 0. The second-order valence-electron chi connectivity index (χ2n) is 7.75. The molecule has 2 aliphatic heterocycles. The minimum absolute atomic E-state index is 0.251. The Balaban J connectivity index is 1.44. The van der Waals surface area contributed by atoms with Crippen molar-refractivity contribution in [3.63, 3.8) is 0 Å². The molecule has 1 unspecified atom stereocenters. The average molecular weight is 418 g/mol. The number of ether oxygens (including phenoxy) is 1. The SMILES string of the molecule is CC1CN(C2COC2)CCN1c1ccnc(-c2cnc3ccc(C(F)(F)F)cn23)n1. The highest BCUT2D eigenvalue weighted by molar-refractivity contribution is 5.59. The van der Waals surface area contributed by atoms with Crippen LogP contribution in [0.15, 0.2) is 36.8 Å². The number of imidazole rings is 1. The first-order chi connectivity index (χ1) is 14.4. The van der Waals surface area contributed by atoms with Gasteiger partial charge in [0.25, 0.3) is 0 Å². The summed E-state index contributed by atoms with van der Waals surface area (Å²) in [5.41, 5.74) is 0.0997. The van der Waals surface area contributed by atoms with Crippen molar-refractivity contribution in [3.05, 3.63) is 42.4 Å². The molecule has 0 bridgehead atoms. The molecule has 7 nitrogen and oxygen atoms in total. The van der Waals surface area contributed by atoms with E-state index >= 15 is 0 Å². The number of hydrogen-bond acceptors (Lipinski definition) is 6. The monoisotopic (exact) mass is 418 g/mol. The number of rotatable bonds is 3. The summed E-state index contributed by atoms with van der Waals surface area (Å²) >= 11 is 0. The molecular weight excluding hydrogens is 397 g/mol. The van der Waals surface area contributed by atoms with Crippen molar-refractivity contribution >= 4 is 11.5 Å². The normalized spacial score (nSPS) is 21.2. The molecule has 0 saturated carbocycles. The van der Waals surface area contributed by atoms with E-state index in [2.05, 4.69) is 31.7 Å². The number of piperazine rings is 1. The van der Waals surface area contributed by atoms with Crippen LogP contribution < -0.4 is 4.90 Å². The number of hydrogen-bond donors (Lipinski definition) is 0. The van der Waals surface area contributed by atoms with Crippen LogP contribution in [0.1, 0.15) is 12.5 Å². The van der Waals surface area contributed by atoms with Crippen molar-refractivity contribution in [1.29, 1.82) is 0 Å². The maximum atomic E-state index is 13.1. The van der Waals surface area contributed by atoms with E-state index in [1.165, 1.54) is 16.7 Å². The quantitative estimate of drug-likeness (QED) is 0.652. The van der Waals surface area contributed by atoms with E-state index in [1.54, 1.807) is 6.20 Å². The Morgan fingerprint density at radius 2 is 1.93 bits per heavy atom. The van der Waals surface area contributed by atoms with Crippen molar-refractivity contribution in [2.24, 2.45) is 0 Å². The van der Waals surface area contributed by atoms with Crippen LogP contribution in [0.25, 0.3) is 17.2 Å². The van der Waals surface area contributed by atoms with E-state index in [-0.39, 0.29) is 6.04 Å². The summed E-state index contributed by atoms with van der Waals surface area (Å²) in [7, 11) is 0. The van der Waals surface area contributed by atoms with E-state index < -0.39 is 11.7 Å². The van der Waals surface area contributed by atoms with Gasteiger partial charge in [-0.3, -0.25) is 9.30 Å². The second-order valence-corrected chi connectivity index (χ2v) is 7.75. The molecule has 0 radical (unpaired) electrons. The summed E-state index contributed by atoms with van der Waals surface area (Å²) in [6, 6.07) is 4.96. The van der Waals surface area contributed by atoms with Crippen molar-refractivity contribution in [2.75, 3.05) is 37.7 Å². The van der Waals surface area contributed by atoms with Crippen LogP contribution >= 0.6 is 0 Å². The zero-order valence-corrected chi connectivity index (χ0v) is 16.4. The topological polar surface area (TPSA) is 58.8 Å². The molecular formula is C20H21F3N6O. The average Bonchev–Trinajstić information content (AvgIpc) is 3.09. The van der Waals surface area contributed by atoms with Crippen molar-refractivity contribution in [2.45, 2.75) is 25.2 Å². The van der Waals surface area contributed by atoms with Gasteiger partial charge in [0, 0.05) is 38.1 Å². The molecule has 0 aliphatic carbocycles. The molecule has 0 amide bonds. The van der Waals surface area contributed by atoms with Crippen LogP contribution in [0.2, 0.25) is 0 Å². The summed E-state index contributed by atoms with van der Waals surface area (Å²) in [6.07, 6.45) is -0.245. The molecule has 0 aromatic carbocycles. The Hall–Kier alpha value is -2.72. The molecule has 0 N–H and O–H groups in total. The van der Waals surface area contributed by atoms with Crippen molar-refractivity contribution in [1.82, 2.24) is 24.3 Å². The number of fused-ring (bicyclic) bond motifs is 1. The van der Waals surface area contributed by atoms with Gasteiger partial charge in [0.2, 0.25) is 0 Å². The fraction of sp³-hybridized carbons (Fsp3) is 0.450. The molecule has 30 heavy (non-hydrogen) atoms. The zero-order valence-electron chi connectivity index (χ0n) is 16.4. The molecule has 10 heteroatoms. The highest BCUT2D eigenvalue weighted by Crippen LogP contribution is 2.31. The third-order valence-electron chi connectivity index (χ3n) is 5.79. The number of pyridine rings is 1. The van der Waals surface area contributed by atoms with Gasteiger partial charge in [-0.1, -0.05) is 0 Å². The predicted molar refractivity (Wildman–Crippen MR) is 104 cm³/mol. The number of anilines is 1. The van der Waals surface area contributed by atoms with Gasteiger partial charge in [0.05, 0.1) is 31.0 Å². The first-order valence-corrected chi connectivity index (χ1v) is 9.86. The minimum Gasteiger partial charge on any atom is -0.378 e. The van der Waals surface area contributed by atoms with Crippen LogP contribution in [0.5, 0.6) is 0 Å². The van der Waals surface area contributed by atoms with Crippen LogP contribution in [0, 0.1) is 0 Å². The van der Waals surface area contributed by atoms with Gasteiger partial charge in [0.1, 0.15) is 17.2 Å². The van der Waals surface area contributed by atoms with Crippen molar-refractivity contribution < 1.29 is 17.9 Å². The standard InChI is InChI=1S/C20H21F3N6O/c1-13-9-27(15-11-30-12-15)6-7-28(13)18-4-5-24-19(26-18)16-8-25-17-3-2-14(10-29(16)17)20(21,22)23/h2-5,8,10,13,15H,6-7,9,11-12H2,1H3. The Morgan fingerprint density at radius 3 is 2.63 bits per heavy atom. The number of halogens is 3. The molecule has 5 rings (SSSR count). The van der Waals surface area contributed by atoms with Crippen LogP contribution in [-0.4, -0.2) is 69.2 Å². The Bertz CT molecular complexity index is 1060. The summed E-state index contributed by atoms with van der Waals surface area (Å²) in [4.78, 5) is 17.8. The second kappa shape index (κ2) is 7.21. The number of aromatic nitrogens is 4. The van der Waals surface area contributed by atoms with Gasteiger partial charge in [0.15, 0.2) is 5.82 Å². The predicted octanol–water partition coefficient (Wildman–Crippen LogP) is 2.72. The zero-order chi connectivity index (χ0) is 20.9.